The van der Waals surface area contributed by atoms with E-state index in [-0.39, 0.29) is 5.60 Å². The summed E-state index contributed by atoms with van der Waals surface area (Å²) in [5.41, 5.74) is -0.0617. The van der Waals surface area contributed by atoms with E-state index in [9.17, 15) is 0 Å². The van der Waals surface area contributed by atoms with E-state index in [1.165, 1.54) is 0 Å². The summed E-state index contributed by atoms with van der Waals surface area (Å²) in [6, 6.07) is 0.338. The average molecular weight is 239 g/mol. The van der Waals surface area contributed by atoms with E-state index in [4.69, 9.17) is 4.74 Å². The van der Waals surface area contributed by atoms with Crippen molar-refractivity contribution in [3.63, 3.8) is 0 Å². The maximum absolute atomic E-state index is 6.05. The molecular weight excluding hydrogens is 210 g/mol. The highest BCUT2D eigenvalue weighted by Crippen LogP contribution is 2.27. The van der Waals surface area contributed by atoms with Gasteiger partial charge in [-0.2, -0.15) is 0 Å². The first kappa shape index (κ1) is 16.5. The molecule has 2 nitrogen and oxygen atoms in total. The minimum atomic E-state index is -0.0617. The molecule has 0 heterocycles. The lowest BCUT2D eigenvalue weighted by molar-refractivity contribution is -0.0708. The van der Waals surface area contributed by atoms with Crippen molar-refractivity contribution in [1.29, 1.82) is 0 Å². The first-order valence-corrected chi connectivity index (χ1v) is 6.97. The van der Waals surface area contributed by atoms with Crippen LogP contribution in [-0.4, -0.2) is 24.8 Å². The van der Waals surface area contributed by atoms with Gasteiger partial charge in [-0.15, -0.1) is 11.8 Å². The minimum Gasteiger partial charge on any atom is -0.374 e. The van der Waals surface area contributed by atoms with Gasteiger partial charge >= 0.3 is 0 Å². The number of hydrogen-bond acceptors (Lipinski definition) is 2. The van der Waals surface area contributed by atoms with Gasteiger partial charge in [0.25, 0.3) is 0 Å². The number of ether oxygens (including phenoxy) is 1. The molecule has 0 aromatic carbocycles. The van der Waals surface area contributed by atoms with Crippen LogP contribution in [0.25, 0.3) is 0 Å². The van der Waals surface area contributed by atoms with Crippen molar-refractivity contribution in [2.75, 3.05) is 13.2 Å². The van der Waals surface area contributed by atoms with Gasteiger partial charge in [-0.1, -0.05) is 20.8 Å². The smallest absolute Gasteiger partial charge is 0.0838 e. The Hall–Kier alpha value is -0.520. The van der Waals surface area contributed by atoms with E-state index >= 15 is 0 Å². The zero-order chi connectivity index (χ0) is 13.1. The molecule has 0 aromatic rings. The third-order valence-corrected chi connectivity index (χ3v) is 3.39. The van der Waals surface area contributed by atoms with Crippen LogP contribution in [0.1, 0.15) is 60.3 Å². The molecule has 1 N–H and O–H groups in total. The van der Waals surface area contributed by atoms with Crippen molar-refractivity contribution in [2.45, 2.75) is 71.9 Å². The van der Waals surface area contributed by atoms with Gasteiger partial charge in [-0.05, 0) is 39.7 Å². The maximum atomic E-state index is 6.05. The fraction of sp³-hybridized carbons (Fsp3) is 0.867. The van der Waals surface area contributed by atoms with Gasteiger partial charge in [0, 0.05) is 19.1 Å². The molecule has 17 heavy (non-hydrogen) atoms. The van der Waals surface area contributed by atoms with Gasteiger partial charge < -0.3 is 10.1 Å². The molecule has 0 radical (unpaired) electrons. The van der Waals surface area contributed by atoms with E-state index in [2.05, 4.69) is 44.9 Å². The summed E-state index contributed by atoms with van der Waals surface area (Å²) >= 11 is 0. The largest absolute Gasteiger partial charge is 0.374 e. The number of hydrogen-bond donors (Lipinski definition) is 1. The number of rotatable bonds is 9. The quantitative estimate of drug-likeness (QED) is 0.623. The van der Waals surface area contributed by atoms with E-state index < -0.39 is 0 Å². The summed E-state index contributed by atoms with van der Waals surface area (Å²) < 4.78 is 6.05. The third-order valence-electron chi connectivity index (χ3n) is 3.39. The monoisotopic (exact) mass is 239 g/mol. The SMILES string of the molecule is CC#CCC(NCCC)C(CC)(CC)OCC. The Morgan fingerprint density at radius 3 is 2.24 bits per heavy atom. The average Bonchev–Trinajstić information content (AvgIpc) is 2.37. The molecule has 2 heteroatoms. The van der Waals surface area contributed by atoms with Crippen LogP contribution in [0, 0.1) is 11.8 Å². The molecule has 0 rings (SSSR count). The van der Waals surface area contributed by atoms with Crippen molar-refractivity contribution in [1.82, 2.24) is 5.32 Å². The van der Waals surface area contributed by atoms with Crippen LogP contribution in [0.4, 0.5) is 0 Å². The second-order valence-electron chi connectivity index (χ2n) is 4.34. The standard InChI is InChI=1S/C15H29NO/c1-6-11-12-14(16-13-7-2)15(8-3,9-4)17-10-5/h14,16H,7-10,12-13H2,1-5H3. The zero-order valence-corrected chi connectivity index (χ0v) is 12.2. The van der Waals surface area contributed by atoms with Crippen LogP contribution in [0.2, 0.25) is 0 Å². The Morgan fingerprint density at radius 2 is 1.82 bits per heavy atom. The molecule has 0 amide bonds. The highest BCUT2D eigenvalue weighted by atomic mass is 16.5. The van der Waals surface area contributed by atoms with E-state index in [1.54, 1.807) is 0 Å². The van der Waals surface area contributed by atoms with Gasteiger partial charge in [-0.3, -0.25) is 0 Å². The van der Waals surface area contributed by atoms with Crippen molar-refractivity contribution in [3.8, 4) is 11.8 Å². The molecular formula is C15H29NO. The Kier molecular flexibility index (Phi) is 9.21. The fourth-order valence-corrected chi connectivity index (χ4v) is 2.30. The van der Waals surface area contributed by atoms with Crippen LogP contribution in [-0.2, 0) is 4.74 Å². The third kappa shape index (κ3) is 5.10. The van der Waals surface area contributed by atoms with Gasteiger partial charge in [-0.25, -0.2) is 0 Å². The molecule has 0 aromatic heterocycles. The Morgan fingerprint density at radius 1 is 1.18 bits per heavy atom. The second-order valence-corrected chi connectivity index (χ2v) is 4.34. The topological polar surface area (TPSA) is 21.3 Å². The fourth-order valence-electron chi connectivity index (χ4n) is 2.30. The highest BCUT2D eigenvalue weighted by Gasteiger charge is 2.35. The highest BCUT2D eigenvalue weighted by molar-refractivity contribution is 5.04. The molecule has 0 saturated heterocycles. The minimum absolute atomic E-state index is 0.0617. The van der Waals surface area contributed by atoms with Gasteiger partial charge in [0.1, 0.15) is 0 Å². The van der Waals surface area contributed by atoms with E-state index in [0.717, 1.165) is 38.8 Å². The maximum Gasteiger partial charge on any atom is 0.0838 e. The molecule has 1 unspecified atom stereocenters. The lowest BCUT2D eigenvalue weighted by Crippen LogP contribution is -2.52. The van der Waals surface area contributed by atoms with Crippen molar-refractivity contribution < 1.29 is 4.74 Å². The molecule has 0 bridgehead atoms. The predicted molar refractivity (Wildman–Crippen MR) is 75.1 cm³/mol. The Bertz CT molecular complexity index is 235. The van der Waals surface area contributed by atoms with Crippen LogP contribution in [0.3, 0.4) is 0 Å². The Labute approximate surface area is 108 Å². The molecule has 0 spiro atoms. The summed E-state index contributed by atoms with van der Waals surface area (Å²) in [5, 5.41) is 3.60. The molecule has 0 aliphatic heterocycles. The van der Waals surface area contributed by atoms with Crippen molar-refractivity contribution in [3.05, 3.63) is 0 Å². The van der Waals surface area contributed by atoms with E-state index in [0.29, 0.717) is 6.04 Å². The first-order valence-electron chi connectivity index (χ1n) is 6.97. The zero-order valence-electron chi connectivity index (χ0n) is 12.2. The van der Waals surface area contributed by atoms with Crippen LogP contribution < -0.4 is 5.32 Å². The van der Waals surface area contributed by atoms with E-state index in [1.807, 2.05) is 6.92 Å². The van der Waals surface area contributed by atoms with Crippen molar-refractivity contribution in [2.24, 2.45) is 0 Å². The van der Waals surface area contributed by atoms with Gasteiger partial charge in [0.2, 0.25) is 0 Å². The van der Waals surface area contributed by atoms with Gasteiger partial charge in [0.15, 0.2) is 0 Å². The molecule has 0 aliphatic carbocycles. The molecule has 1 atom stereocenters. The summed E-state index contributed by atoms with van der Waals surface area (Å²) in [6.45, 7) is 12.4. The first-order chi connectivity index (χ1) is 8.20. The van der Waals surface area contributed by atoms with Crippen LogP contribution in [0.5, 0.6) is 0 Å². The molecule has 0 aliphatic rings. The van der Waals surface area contributed by atoms with Gasteiger partial charge in [0.05, 0.1) is 5.60 Å². The lowest BCUT2D eigenvalue weighted by Gasteiger charge is -2.39. The normalized spacial score (nSPS) is 13.0. The molecule has 0 saturated carbocycles. The lowest BCUT2D eigenvalue weighted by atomic mass is 9.86. The molecule has 0 fully saturated rings. The summed E-state index contributed by atoms with van der Waals surface area (Å²) in [5.74, 6) is 6.19. The predicted octanol–water partition coefficient (Wildman–Crippen LogP) is 3.36. The summed E-state index contributed by atoms with van der Waals surface area (Å²) in [4.78, 5) is 0. The second kappa shape index (κ2) is 9.50. The van der Waals surface area contributed by atoms with Crippen LogP contribution in [0.15, 0.2) is 0 Å². The number of nitrogens with one attached hydrogen (secondary N) is 1. The summed E-state index contributed by atoms with van der Waals surface area (Å²) in [6.07, 6.45) is 4.08. The summed E-state index contributed by atoms with van der Waals surface area (Å²) in [7, 11) is 0. The van der Waals surface area contributed by atoms with Crippen molar-refractivity contribution >= 4 is 0 Å². The molecule has 100 valence electrons. The van der Waals surface area contributed by atoms with Crippen LogP contribution >= 0.6 is 0 Å². The Balaban J connectivity index is 4.80.